The smallest absolute Gasteiger partial charge is 0.293 e. The summed E-state index contributed by atoms with van der Waals surface area (Å²) in [4.78, 5) is 37.3. The van der Waals surface area contributed by atoms with Crippen LogP contribution in [0, 0.1) is 0 Å². The molecule has 1 aliphatic carbocycles. The molecule has 14 heteroatoms. The van der Waals surface area contributed by atoms with Gasteiger partial charge in [-0.05, 0) is 44.9 Å². The van der Waals surface area contributed by atoms with Crippen LogP contribution in [0.5, 0.6) is 0 Å². The molecule has 41 heavy (non-hydrogen) atoms. The molecule has 3 aromatic heterocycles. The van der Waals surface area contributed by atoms with Crippen molar-refractivity contribution in [3.05, 3.63) is 23.8 Å². The van der Waals surface area contributed by atoms with Crippen molar-refractivity contribution in [2.75, 3.05) is 10.6 Å². The molecule has 1 aliphatic heterocycles. The summed E-state index contributed by atoms with van der Waals surface area (Å²) in [6.45, 7) is 6.76. The van der Waals surface area contributed by atoms with Gasteiger partial charge in [-0.15, -0.1) is 0 Å². The van der Waals surface area contributed by atoms with Crippen LogP contribution in [0.3, 0.4) is 0 Å². The highest BCUT2D eigenvalue weighted by Crippen LogP contribution is 2.43. The third-order valence-electron chi connectivity index (χ3n) is 7.96. The number of fused-ring (bicyclic) bond motifs is 1. The number of carbonyl (C=O) groups is 2. The first-order chi connectivity index (χ1) is 20.0. The Balaban J connectivity index is 1.55. The Kier molecular flexibility index (Phi) is 8.98. The lowest BCUT2D eigenvalue weighted by molar-refractivity contribution is -0.151. The van der Waals surface area contributed by atoms with E-state index in [4.69, 9.17) is 34.4 Å². The van der Waals surface area contributed by atoms with Crippen LogP contribution in [0.25, 0.3) is 11.2 Å². The molecule has 0 bridgehead atoms. The maximum atomic E-state index is 11.6. The van der Waals surface area contributed by atoms with Gasteiger partial charge in [-0.25, -0.2) is 4.98 Å². The van der Waals surface area contributed by atoms with Crippen molar-refractivity contribution in [3.63, 3.8) is 0 Å². The fourth-order valence-corrected chi connectivity index (χ4v) is 5.54. The lowest BCUT2D eigenvalue weighted by Crippen LogP contribution is -2.34. The molecule has 1 saturated heterocycles. The normalized spacial score (nSPS) is 26.3. The molecular weight excluding hydrogens is 532 g/mol. The number of nitrogens with two attached hydrogens (primary N) is 1. The van der Waals surface area contributed by atoms with Gasteiger partial charge in [0.05, 0.1) is 12.0 Å². The number of rotatable bonds is 13. The number of imidazole rings is 1. The van der Waals surface area contributed by atoms with E-state index >= 15 is 0 Å². The first-order valence-corrected chi connectivity index (χ1v) is 14.3. The average molecular weight is 571 g/mol. The minimum Gasteiger partial charge on any atom is -0.457 e. The molecule has 1 saturated carbocycles. The van der Waals surface area contributed by atoms with E-state index in [2.05, 4.69) is 34.6 Å². The van der Waals surface area contributed by atoms with E-state index in [9.17, 15) is 9.59 Å². The number of anilines is 2. The minimum atomic E-state index is -1.02. The van der Waals surface area contributed by atoms with E-state index in [-0.39, 0.29) is 18.1 Å². The van der Waals surface area contributed by atoms with Gasteiger partial charge in [0.2, 0.25) is 5.95 Å². The number of nitrogens with zero attached hydrogens (tertiary/aromatic N) is 5. The standard InChI is InChI=1S/C27H38N8O6/c1-4-16(5-2)30-24-20-25(33-27(32-24)31-18-9-7-15(28)8-10-18)35(12-29-20)26-23(39-14-37)22(38-13-36)21(40-26)19-11-17(6-3)34-41-19/h11-16,18,21-23,26H,4-10,28H2,1-3H3,(H2,30,31,32,33)/t15?,18?,21-,22+,23-,26-/m1/s1. The Bertz CT molecular complexity index is 1320. The van der Waals surface area contributed by atoms with E-state index in [1.165, 1.54) is 0 Å². The van der Waals surface area contributed by atoms with Crippen molar-refractivity contribution < 1.29 is 28.3 Å². The van der Waals surface area contributed by atoms with E-state index in [0.29, 0.717) is 53.7 Å². The fraction of sp³-hybridized carbons (Fsp3) is 0.630. The van der Waals surface area contributed by atoms with E-state index in [0.717, 1.165) is 38.5 Å². The highest BCUT2D eigenvalue weighted by Gasteiger charge is 2.51. The Morgan fingerprint density at radius 1 is 1.10 bits per heavy atom. The molecule has 4 N–H and O–H groups in total. The zero-order chi connectivity index (χ0) is 28.9. The van der Waals surface area contributed by atoms with Gasteiger partial charge in [-0.1, -0.05) is 25.9 Å². The summed E-state index contributed by atoms with van der Waals surface area (Å²) in [5.41, 5.74) is 7.82. The van der Waals surface area contributed by atoms with Crippen LogP contribution in [0.4, 0.5) is 11.8 Å². The second-order valence-electron chi connectivity index (χ2n) is 10.5. The number of aromatic nitrogens is 5. The molecular formula is C27H38N8O6. The summed E-state index contributed by atoms with van der Waals surface area (Å²) in [5.74, 6) is 1.38. The molecule has 0 aromatic carbocycles. The van der Waals surface area contributed by atoms with Crippen molar-refractivity contribution >= 4 is 35.9 Å². The molecule has 2 fully saturated rings. The maximum absolute atomic E-state index is 11.6. The summed E-state index contributed by atoms with van der Waals surface area (Å²) >= 11 is 0. The van der Waals surface area contributed by atoms with Gasteiger partial charge in [0.1, 0.15) is 0 Å². The third-order valence-corrected chi connectivity index (χ3v) is 7.96. The molecule has 2 aliphatic rings. The number of ether oxygens (including phenoxy) is 3. The van der Waals surface area contributed by atoms with Gasteiger partial charge >= 0.3 is 0 Å². The Labute approximate surface area is 237 Å². The third kappa shape index (κ3) is 5.98. The first-order valence-electron chi connectivity index (χ1n) is 14.3. The van der Waals surface area contributed by atoms with Crippen LogP contribution in [-0.4, -0.2) is 68.0 Å². The molecule has 3 aromatic rings. The fourth-order valence-electron chi connectivity index (χ4n) is 5.54. The van der Waals surface area contributed by atoms with Crippen LogP contribution >= 0.6 is 0 Å². The molecule has 0 amide bonds. The number of hydrogen-bond acceptors (Lipinski definition) is 13. The van der Waals surface area contributed by atoms with Crippen LogP contribution in [-0.2, 0) is 30.2 Å². The highest BCUT2D eigenvalue weighted by molar-refractivity contribution is 5.84. The molecule has 4 atom stereocenters. The second-order valence-corrected chi connectivity index (χ2v) is 10.5. The molecule has 14 nitrogen and oxygen atoms in total. The lowest BCUT2D eigenvalue weighted by Gasteiger charge is -2.27. The number of aryl methyl sites for hydroxylation is 1. The van der Waals surface area contributed by atoms with E-state index in [1.54, 1.807) is 17.0 Å². The van der Waals surface area contributed by atoms with E-state index in [1.807, 2.05) is 6.92 Å². The predicted molar refractivity (Wildman–Crippen MR) is 148 cm³/mol. The van der Waals surface area contributed by atoms with Gasteiger partial charge in [0, 0.05) is 24.2 Å². The van der Waals surface area contributed by atoms with Crippen LogP contribution in [0.1, 0.15) is 83.1 Å². The number of carbonyl (C=O) groups excluding carboxylic acids is 2. The van der Waals surface area contributed by atoms with Crippen molar-refractivity contribution in [1.29, 1.82) is 0 Å². The van der Waals surface area contributed by atoms with Gasteiger partial charge in [0.15, 0.2) is 47.3 Å². The first kappa shape index (κ1) is 28.7. The summed E-state index contributed by atoms with van der Waals surface area (Å²) < 4.78 is 24.4. The largest absolute Gasteiger partial charge is 0.457 e. The maximum Gasteiger partial charge on any atom is 0.293 e. The Morgan fingerprint density at radius 2 is 1.83 bits per heavy atom. The quantitative estimate of drug-likeness (QED) is 0.255. The SMILES string of the molecule is CCc1cc([C@H]2O[C@@H](n3cnc4c(NC(CC)CC)nc(NC5CCC(N)CC5)nc43)[C@H](OC=O)[C@H]2OC=O)on1. The zero-order valence-corrected chi connectivity index (χ0v) is 23.6. The van der Waals surface area contributed by atoms with Crippen molar-refractivity contribution in [3.8, 4) is 0 Å². The summed E-state index contributed by atoms with van der Waals surface area (Å²) in [5, 5.41) is 11.0. The molecule has 222 valence electrons. The molecule has 0 radical (unpaired) electrons. The van der Waals surface area contributed by atoms with Crippen molar-refractivity contribution in [1.82, 2.24) is 24.7 Å². The number of nitrogens with one attached hydrogen (secondary N) is 2. The van der Waals surface area contributed by atoms with Gasteiger partial charge < -0.3 is 35.1 Å². The van der Waals surface area contributed by atoms with E-state index < -0.39 is 24.5 Å². The molecule has 4 heterocycles. The summed E-state index contributed by atoms with van der Waals surface area (Å²) in [7, 11) is 0. The monoisotopic (exact) mass is 570 g/mol. The van der Waals surface area contributed by atoms with Crippen LogP contribution in [0.15, 0.2) is 16.9 Å². The Hall–Kier alpha value is -3.78. The minimum absolute atomic E-state index is 0.182. The molecule has 0 unspecified atom stereocenters. The van der Waals surface area contributed by atoms with Crippen LogP contribution in [0.2, 0.25) is 0 Å². The van der Waals surface area contributed by atoms with Gasteiger partial charge in [0.25, 0.3) is 12.9 Å². The van der Waals surface area contributed by atoms with Crippen LogP contribution < -0.4 is 16.4 Å². The van der Waals surface area contributed by atoms with Gasteiger partial charge in [-0.3, -0.25) is 14.2 Å². The second kappa shape index (κ2) is 12.8. The Morgan fingerprint density at radius 3 is 2.49 bits per heavy atom. The van der Waals surface area contributed by atoms with Gasteiger partial charge in [-0.2, -0.15) is 9.97 Å². The molecule has 0 spiro atoms. The molecule has 5 rings (SSSR count). The number of hydrogen-bond donors (Lipinski definition) is 3. The van der Waals surface area contributed by atoms with Crippen molar-refractivity contribution in [2.45, 2.75) is 108 Å². The zero-order valence-electron chi connectivity index (χ0n) is 23.6. The van der Waals surface area contributed by atoms with Crippen molar-refractivity contribution in [2.24, 2.45) is 5.73 Å². The lowest BCUT2D eigenvalue weighted by atomic mass is 9.92. The topological polar surface area (TPSA) is 182 Å². The predicted octanol–water partition coefficient (Wildman–Crippen LogP) is 3.01. The average Bonchev–Trinajstić information content (AvgIpc) is 3.71. The highest BCUT2D eigenvalue weighted by atomic mass is 16.6. The summed E-state index contributed by atoms with van der Waals surface area (Å²) in [6, 6.07) is 2.32. The summed E-state index contributed by atoms with van der Waals surface area (Å²) in [6.07, 6.45) is 3.87.